The quantitative estimate of drug-likeness (QED) is 0.261. The zero-order chi connectivity index (χ0) is 25.4. The van der Waals surface area contributed by atoms with Gasteiger partial charge in [0.1, 0.15) is 11.4 Å². The van der Waals surface area contributed by atoms with Crippen molar-refractivity contribution in [2.24, 2.45) is 0 Å². The van der Waals surface area contributed by atoms with Crippen molar-refractivity contribution in [3.05, 3.63) is 43.8 Å². The minimum atomic E-state index is -6.31. The van der Waals surface area contributed by atoms with Crippen LogP contribution in [0.25, 0.3) is 0 Å². The fraction of sp³-hybridized carbons (Fsp3) is 0.389. The van der Waals surface area contributed by atoms with Crippen LogP contribution in [0.3, 0.4) is 0 Å². The molecule has 6 nitrogen and oxygen atoms in total. The van der Waals surface area contributed by atoms with E-state index in [0.29, 0.717) is 30.5 Å². The normalized spacial score (nSPS) is 12.2. The summed E-state index contributed by atoms with van der Waals surface area (Å²) >= 11 is 11.7. The minimum Gasteiger partial charge on any atom is -1.00 e. The summed E-state index contributed by atoms with van der Waals surface area (Å²) in [4.78, 5) is 29.8. The van der Waals surface area contributed by atoms with E-state index in [9.17, 15) is 41.0 Å². The number of nitrogens with zero attached hydrogens (tertiary/aromatic N) is 2. The van der Waals surface area contributed by atoms with Crippen LogP contribution in [-0.2, 0) is 5.60 Å². The molecule has 2 aromatic rings. The average Bonchev–Trinajstić information content (AvgIpc) is 3.20. The van der Waals surface area contributed by atoms with E-state index in [1.54, 1.807) is 13.8 Å². The summed E-state index contributed by atoms with van der Waals surface area (Å²) in [7, 11) is 0. The largest absolute Gasteiger partial charge is 1.00 e. The molecule has 0 aliphatic heterocycles. The van der Waals surface area contributed by atoms with Gasteiger partial charge in [-0.25, -0.2) is 9.78 Å². The third-order valence-electron chi connectivity index (χ3n) is 4.39. The molecule has 1 amide bonds. The Hall–Kier alpha value is -1.49. The molecule has 0 bridgehead atoms. The van der Waals surface area contributed by atoms with E-state index in [1.165, 1.54) is 10.3 Å². The van der Waals surface area contributed by atoms with Crippen LogP contribution in [0.2, 0.25) is 10.0 Å². The van der Waals surface area contributed by atoms with Crippen LogP contribution in [0.5, 0.6) is 5.75 Å². The molecular weight excluding hydrogens is 532 g/mol. The van der Waals surface area contributed by atoms with Crippen molar-refractivity contribution in [3.8, 4) is 5.75 Å². The second-order valence-corrected chi connectivity index (χ2v) is 7.99. The molecule has 0 unspecified atom stereocenters. The summed E-state index contributed by atoms with van der Waals surface area (Å²) in [6.45, 7) is 4.04. The Morgan fingerprint density at radius 2 is 1.65 bits per heavy atom. The Bertz CT molecular complexity index is 1050. The Kier molecular flexibility index (Phi) is 9.93. The molecule has 0 saturated carbocycles. The van der Waals surface area contributed by atoms with Gasteiger partial charge in [0.05, 0.1) is 15.6 Å². The van der Waals surface area contributed by atoms with Crippen LogP contribution in [0.1, 0.15) is 41.1 Å². The number of carbonyl (C=O) groups is 2. The molecule has 1 aromatic heterocycles. The van der Waals surface area contributed by atoms with E-state index in [-0.39, 0.29) is 26.0 Å². The van der Waals surface area contributed by atoms with Crippen LogP contribution in [0.15, 0.2) is 17.5 Å². The maximum absolute atomic E-state index is 13.4. The van der Waals surface area contributed by atoms with Gasteiger partial charge >= 0.3 is 37.2 Å². The topological polar surface area (TPSA) is 79.7 Å². The molecule has 0 atom stereocenters. The molecule has 0 spiro atoms. The summed E-state index contributed by atoms with van der Waals surface area (Å²) in [6.07, 6.45) is -12.6. The first kappa shape index (κ1) is 30.5. The van der Waals surface area contributed by atoms with Crippen molar-refractivity contribution in [1.82, 2.24) is 9.88 Å². The molecule has 0 fully saturated rings. The molecule has 1 N–H and O–H groups in total. The number of aromatic nitrogens is 1. The number of amides is 1. The van der Waals surface area contributed by atoms with Crippen molar-refractivity contribution in [2.45, 2.75) is 31.8 Å². The van der Waals surface area contributed by atoms with Gasteiger partial charge in [0, 0.05) is 18.5 Å². The predicted octanol–water partition coefficient (Wildman–Crippen LogP) is 2.58. The molecular formula is C18H15Cl2F6LiN2O4S. The number of benzene rings is 1. The molecule has 184 valence electrons. The van der Waals surface area contributed by atoms with Crippen LogP contribution in [0, 0.1) is 0 Å². The van der Waals surface area contributed by atoms with Crippen molar-refractivity contribution in [1.29, 1.82) is 0 Å². The van der Waals surface area contributed by atoms with Crippen molar-refractivity contribution in [2.75, 3.05) is 13.1 Å². The summed E-state index contributed by atoms with van der Waals surface area (Å²) in [5.41, 5.74) is -7.70. The molecule has 0 aliphatic rings. The number of ether oxygens (including phenoxy) is 1. The summed E-state index contributed by atoms with van der Waals surface area (Å²) in [5.74, 6) is -3.38. The first-order valence-electron chi connectivity index (χ1n) is 8.91. The van der Waals surface area contributed by atoms with Gasteiger partial charge in [-0.05, 0) is 26.0 Å². The van der Waals surface area contributed by atoms with Gasteiger partial charge in [-0.2, -0.15) is 26.3 Å². The molecule has 0 saturated heterocycles. The maximum Gasteiger partial charge on any atom is 1.00 e. The number of halogens is 8. The Labute approximate surface area is 216 Å². The van der Waals surface area contributed by atoms with Crippen LogP contribution in [0.4, 0.5) is 26.3 Å². The van der Waals surface area contributed by atoms with Gasteiger partial charge in [-0.3, -0.25) is 4.79 Å². The van der Waals surface area contributed by atoms with E-state index in [4.69, 9.17) is 27.9 Å². The zero-order valence-corrected chi connectivity index (χ0v) is 20.0. The van der Waals surface area contributed by atoms with E-state index >= 15 is 0 Å². The second kappa shape index (κ2) is 11.1. The van der Waals surface area contributed by atoms with Crippen LogP contribution < -0.4 is 23.6 Å². The number of aliphatic hydroxyl groups is 1. The molecule has 0 aliphatic carbocycles. The number of hydrogen-bond donors (Lipinski definition) is 1. The second-order valence-electron chi connectivity index (χ2n) is 6.35. The monoisotopic (exact) mass is 546 g/mol. The third-order valence-corrected chi connectivity index (χ3v) is 6.02. The maximum atomic E-state index is 13.4. The summed E-state index contributed by atoms with van der Waals surface area (Å²) in [6, 6.07) is 1.29. The standard InChI is InChI=1S/C18H14Cl2F6N2O4S.Li.H/c1-3-28(4-2)14(29)9-7-33-13(27-9)15(30)32-10-6-5-8(19)12(20)11(10)16(31,17(21,22)23)18(24,25)26;;/h5-7,31H,3-4H2,1-2H3;;/q;+1;-1. The predicted molar refractivity (Wildman–Crippen MR) is 108 cm³/mol. The van der Waals surface area contributed by atoms with Gasteiger partial charge in [-0.1, -0.05) is 23.2 Å². The molecule has 1 heterocycles. The smallest absolute Gasteiger partial charge is 1.00 e. The molecule has 16 heteroatoms. The average molecular weight is 547 g/mol. The molecule has 34 heavy (non-hydrogen) atoms. The SMILES string of the molecule is CCN(CC)C(=O)c1csc(C(=O)Oc2ccc(Cl)c(Cl)c2C(O)(C(F)(F)F)C(F)(F)F)n1.[H-].[Li+]. The van der Waals surface area contributed by atoms with Gasteiger partial charge in [0.2, 0.25) is 5.01 Å². The van der Waals surface area contributed by atoms with Crippen molar-refractivity contribution >= 4 is 46.4 Å². The number of thiazole rings is 1. The van der Waals surface area contributed by atoms with Gasteiger partial charge in [-0.15, -0.1) is 11.3 Å². The zero-order valence-electron chi connectivity index (χ0n) is 18.6. The molecule has 2 rings (SSSR count). The number of carbonyl (C=O) groups excluding carboxylic acids is 2. The fourth-order valence-electron chi connectivity index (χ4n) is 2.68. The third kappa shape index (κ3) is 5.66. The Morgan fingerprint density at radius 3 is 2.12 bits per heavy atom. The number of rotatable bonds is 6. The van der Waals surface area contributed by atoms with E-state index < -0.39 is 56.2 Å². The fourth-order valence-corrected chi connectivity index (χ4v) is 3.80. The van der Waals surface area contributed by atoms with Crippen molar-refractivity contribution < 1.29 is 66.1 Å². The van der Waals surface area contributed by atoms with E-state index in [1.807, 2.05) is 0 Å². The first-order chi connectivity index (χ1) is 15.1. The number of alkyl halides is 6. The van der Waals surface area contributed by atoms with E-state index in [2.05, 4.69) is 4.98 Å². The first-order valence-corrected chi connectivity index (χ1v) is 10.5. The molecule has 1 aromatic carbocycles. The van der Waals surface area contributed by atoms with Gasteiger partial charge in [0.25, 0.3) is 11.5 Å². The summed E-state index contributed by atoms with van der Waals surface area (Å²) < 4.78 is 85.1. The number of hydrogen-bond acceptors (Lipinski definition) is 6. The van der Waals surface area contributed by atoms with E-state index in [0.717, 1.165) is 6.07 Å². The van der Waals surface area contributed by atoms with Gasteiger partial charge < -0.3 is 16.2 Å². The number of esters is 1. The van der Waals surface area contributed by atoms with Crippen LogP contribution >= 0.6 is 34.5 Å². The van der Waals surface area contributed by atoms with Crippen molar-refractivity contribution in [3.63, 3.8) is 0 Å². The minimum absolute atomic E-state index is 0. The van der Waals surface area contributed by atoms with Crippen LogP contribution in [-0.4, -0.2) is 52.3 Å². The summed E-state index contributed by atoms with van der Waals surface area (Å²) in [5, 5.41) is 8.32. The van der Waals surface area contributed by atoms with Gasteiger partial charge in [0.15, 0.2) is 0 Å². The Morgan fingerprint density at radius 1 is 1.12 bits per heavy atom. The Balaban J connectivity index is 0.00000578. The molecule has 0 radical (unpaired) electrons.